The topological polar surface area (TPSA) is 41.6 Å². The summed E-state index contributed by atoms with van der Waals surface area (Å²) >= 11 is 0. The third-order valence-corrected chi connectivity index (χ3v) is 3.34. The van der Waals surface area contributed by atoms with Crippen molar-refractivity contribution in [3.63, 3.8) is 0 Å². The number of likely N-dealkylation sites (N-methyl/N-ethyl adjacent to an activating group) is 1. The van der Waals surface area contributed by atoms with Crippen molar-refractivity contribution in [2.24, 2.45) is 5.92 Å². The number of hydrogen-bond acceptors (Lipinski definition) is 4. The molecule has 0 aromatic carbocycles. The van der Waals surface area contributed by atoms with E-state index in [2.05, 4.69) is 5.32 Å². The normalized spacial score (nSPS) is 19.2. The van der Waals surface area contributed by atoms with Gasteiger partial charge in [0, 0.05) is 12.6 Å². The third-order valence-electron chi connectivity index (χ3n) is 3.34. The predicted octanol–water partition coefficient (Wildman–Crippen LogP) is 1.80. The van der Waals surface area contributed by atoms with Crippen molar-refractivity contribution in [1.29, 1.82) is 0 Å². The molecule has 1 saturated carbocycles. The summed E-state index contributed by atoms with van der Waals surface area (Å²) < 4.78 is 42.2. The fraction of sp³-hybridized carbons (Fsp3) is 0.923. The lowest BCUT2D eigenvalue weighted by atomic mass is 9.91. The van der Waals surface area contributed by atoms with Crippen LogP contribution in [0.1, 0.15) is 26.7 Å². The maximum Gasteiger partial charge on any atom is 0.401 e. The molecule has 0 aliphatic heterocycles. The summed E-state index contributed by atoms with van der Waals surface area (Å²) in [5, 5.41) is 3.14. The van der Waals surface area contributed by atoms with Crippen molar-refractivity contribution < 1.29 is 22.7 Å². The Kier molecular flexibility index (Phi) is 5.43. The monoisotopic (exact) mass is 296 g/mol. The molecule has 0 amide bonds. The number of ether oxygens (including phenoxy) is 1. The van der Waals surface area contributed by atoms with Crippen molar-refractivity contribution in [3.8, 4) is 0 Å². The number of methoxy groups -OCH3 is 1. The molecule has 0 aromatic rings. The van der Waals surface area contributed by atoms with Gasteiger partial charge in [0.1, 0.15) is 5.54 Å². The molecule has 4 nitrogen and oxygen atoms in total. The van der Waals surface area contributed by atoms with Crippen LogP contribution in [0.15, 0.2) is 0 Å². The molecule has 20 heavy (non-hydrogen) atoms. The number of esters is 1. The number of rotatable bonds is 7. The first-order valence-corrected chi connectivity index (χ1v) is 6.72. The first-order chi connectivity index (χ1) is 9.10. The highest BCUT2D eigenvalue weighted by Gasteiger charge is 2.53. The summed E-state index contributed by atoms with van der Waals surface area (Å²) in [6.45, 7) is 2.67. The highest BCUT2D eigenvalue weighted by atomic mass is 19.4. The number of carbonyl (C=O) groups excluding carboxylic acids is 1. The van der Waals surface area contributed by atoms with Gasteiger partial charge in [0.25, 0.3) is 0 Å². The largest absolute Gasteiger partial charge is 0.468 e. The Morgan fingerprint density at radius 2 is 1.90 bits per heavy atom. The molecule has 1 rings (SSSR count). The molecule has 1 unspecified atom stereocenters. The Labute approximate surface area is 117 Å². The lowest BCUT2D eigenvalue weighted by Gasteiger charge is -2.37. The van der Waals surface area contributed by atoms with E-state index in [1.807, 2.05) is 13.8 Å². The molecular formula is C13H23F3N2O2. The van der Waals surface area contributed by atoms with E-state index in [1.54, 1.807) is 0 Å². The van der Waals surface area contributed by atoms with E-state index in [1.165, 1.54) is 14.2 Å². The number of alkyl halides is 3. The van der Waals surface area contributed by atoms with E-state index in [0.717, 1.165) is 17.7 Å². The predicted molar refractivity (Wildman–Crippen MR) is 69.3 cm³/mol. The Morgan fingerprint density at radius 1 is 1.35 bits per heavy atom. The molecule has 1 N–H and O–H groups in total. The molecule has 0 bridgehead atoms. The fourth-order valence-electron chi connectivity index (χ4n) is 2.64. The molecule has 1 aliphatic carbocycles. The van der Waals surface area contributed by atoms with E-state index in [4.69, 9.17) is 4.74 Å². The summed E-state index contributed by atoms with van der Waals surface area (Å²) in [7, 11) is 2.64. The first kappa shape index (κ1) is 17.2. The molecule has 0 heterocycles. The maximum absolute atomic E-state index is 12.5. The van der Waals surface area contributed by atoms with Crippen LogP contribution in [0.5, 0.6) is 0 Å². The number of halogens is 3. The molecule has 1 fully saturated rings. The van der Waals surface area contributed by atoms with Crippen LogP contribution in [0.3, 0.4) is 0 Å². The average Bonchev–Trinajstić information content (AvgIpc) is 3.07. The van der Waals surface area contributed by atoms with Gasteiger partial charge in [-0.2, -0.15) is 13.2 Å². The number of hydrogen-bond donors (Lipinski definition) is 1. The van der Waals surface area contributed by atoms with Gasteiger partial charge < -0.3 is 4.74 Å². The van der Waals surface area contributed by atoms with Gasteiger partial charge in [-0.15, -0.1) is 0 Å². The van der Waals surface area contributed by atoms with Crippen LogP contribution in [0.2, 0.25) is 0 Å². The minimum Gasteiger partial charge on any atom is -0.468 e. The van der Waals surface area contributed by atoms with Crippen LogP contribution >= 0.6 is 0 Å². The molecule has 0 spiro atoms. The molecule has 0 radical (unpaired) electrons. The van der Waals surface area contributed by atoms with Crippen LogP contribution in [-0.2, 0) is 9.53 Å². The molecule has 7 heteroatoms. The lowest BCUT2D eigenvalue weighted by molar-refractivity contribution is -0.158. The van der Waals surface area contributed by atoms with Gasteiger partial charge in [-0.1, -0.05) is 0 Å². The molecule has 0 saturated heterocycles. The van der Waals surface area contributed by atoms with Crippen LogP contribution in [-0.4, -0.2) is 55.9 Å². The first-order valence-electron chi connectivity index (χ1n) is 6.72. The fourth-order valence-corrected chi connectivity index (χ4v) is 2.64. The van der Waals surface area contributed by atoms with Crippen LogP contribution < -0.4 is 5.32 Å². The highest BCUT2D eigenvalue weighted by Crippen LogP contribution is 2.41. The molecule has 0 aromatic heterocycles. The van der Waals surface area contributed by atoms with E-state index in [9.17, 15) is 18.0 Å². The SMILES string of the molecule is COC(=O)C(CN(C)CC(F)(F)F)(NC(C)C)C1CC1. The van der Waals surface area contributed by atoms with Gasteiger partial charge in [0.15, 0.2) is 0 Å². The number of nitrogens with zero attached hydrogens (tertiary/aromatic N) is 1. The maximum atomic E-state index is 12.5. The van der Waals surface area contributed by atoms with Crippen molar-refractivity contribution in [2.45, 2.75) is 44.4 Å². The summed E-state index contributed by atoms with van der Waals surface area (Å²) in [6, 6.07) is -0.0195. The lowest BCUT2D eigenvalue weighted by Crippen LogP contribution is -2.63. The average molecular weight is 296 g/mol. The standard InChI is InChI=1S/C13H23F3N2O2/c1-9(2)17-12(10-5-6-10,11(19)20-4)7-18(3)8-13(14,15)16/h9-10,17H,5-8H2,1-4H3. The highest BCUT2D eigenvalue weighted by molar-refractivity contribution is 5.82. The Balaban J connectivity index is 2.88. The van der Waals surface area contributed by atoms with E-state index in [-0.39, 0.29) is 18.5 Å². The minimum absolute atomic E-state index is 0.0119. The summed E-state index contributed by atoms with van der Waals surface area (Å²) in [5.41, 5.74) is -1.05. The van der Waals surface area contributed by atoms with Crippen LogP contribution in [0, 0.1) is 5.92 Å². The van der Waals surface area contributed by atoms with Gasteiger partial charge in [-0.3, -0.25) is 10.2 Å². The summed E-state index contributed by atoms with van der Waals surface area (Å²) in [4.78, 5) is 13.3. The quantitative estimate of drug-likeness (QED) is 0.727. The zero-order valence-corrected chi connectivity index (χ0v) is 12.4. The van der Waals surface area contributed by atoms with Gasteiger partial charge in [0.2, 0.25) is 0 Å². The molecule has 1 aliphatic rings. The Hall–Kier alpha value is -0.820. The van der Waals surface area contributed by atoms with Gasteiger partial charge in [-0.05, 0) is 39.7 Å². The van der Waals surface area contributed by atoms with Crippen molar-refractivity contribution in [1.82, 2.24) is 10.2 Å². The second-order valence-corrected chi connectivity index (χ2v) is 5.82. The summed E-state index contributed by atoms with van der Waals surface area (Å²) in [5.74, 6) is -0.448. The molecule has 1 atom stereocenters. The van der Waals surface area contributed by atoms with E-state index >= 15 is 0 Å². The van der Waals surface area contributed by atoms with E-state index < -0.39 is 24.2 Å². The van der Waals surface area contributed by atoms with Crippen molar-refractivity contribution in [3.05, 3.63) is 0 Å². The van der Waals surface area contributed by atoms with Gasteiger partial charge in [-0.25, -0.2) is 4.79 Å². The minimum atomic E-state index is -4.28. The second kappa shape index (κ2) is 6.30. The molecule has 118 valence electrons. The summed E-state index contributed by atoms with van der Waals surface area (Å²) in [6.07, 6.45) is -2.62. The van der Waals surface area contributed by atoms with Gasteiger partial charge >= 0.3 is 12.1 Å². The second-order valence-electron chi connectivity index (χ2n) is 5.82. The van der Waals surface area contributed by atoms with Gasteiger partial charge in [0.05, 0.1) is 13.7 Å². The zero-order chi connectivity index (χ0) is 15.6. The number of nitrogens with one attached hydrogen (secondary N) is 1. The van der Waals surface area contributed by atoms with E-state index in [0.29, 0.717) is 0 Å². The van der Waals surface area contributed by atoms with Crippen molar-refractivity contribution >= 4 is 5.97 Å². The smallest absolute Gasteiger partial charge is 0.401 e. The van der Waals surface area contributed by atoms with Crippen molar-refractivity contribution in [2.75, 3.05) is 27.2 Å². The Morgan fingerprint density at radius 3 is 2.25 bits per heavy atom. The van der Waals surface area contributed by atoms with Crippen LogP contribution in [0.25, 0.3) is 0 Å². The number of carbonyl (C=O) groups is 1. The third kappa shape index (κ3) is 4.63. The van der Waals surface area contributed by atoms with Crippen LogP contribution in [0.4, 0.5) is 13.2 Å². The zero-order valence-electron chi connectivity index (χ0n) is 12.4. The molecular weight excluding hydrogens is 273 g/mol. The Bertz CT molecular complexity index is 343.